The minimum atomic E-state index is -0.331. The molecule has 4 rings (SSSR count). The number of halogens is 2. The van der Waals surface area contributed by atoms with Crippen LogP contribution in [0.1, 0.15) is 28.8 Å². The van der Waals surface area contributed by atoms with Crippen LogP contribution in [0.25, 0.3) is 11.8 Å². The number of amides is 1. The normalized spacial score (nSPS) is 14.8. The molecule has 0 unspecified atom stereocenters. The highest BCUT2D eigenvalue weighted by molar-refractivity contribution is 6.31. The van der Waals surface area contributed by atoms with Crippen molar-refractivity contribution in [2.75, 3.05) is 26.2 Å². The van der Waals surface area contributed by atoms with Crippen LogP contribution < -0.4 is 0 Å². The Morgan fingerprint density at radius 2 is 1.85 bits per heavy atom. The third-order valence-electron chi connectivity index (χ3n) is 5.90. The first-order valence-corrected chi connectivity index (χ1v) is 11.5. The van der Waals surface area contributed by atoms with Gasteiger partial charge in [-0.05, 0) is 61.4 Å². The molecule has 1 aliphatic heterocycles. The van der Waals surface area contributed by atoms with Gasteiger partial charge < -0.3 is 4.90 Å². The summed E-state index contributed by atoms with van der Waals surface area (Å²) >= 11 is 6.52. The number of carbonyl (C=O) groups excluding carboxylic acids is 1. The number of hydrogen-bond donors (Lipinski definition) is 0. The van der Waals surface area contributed by atoms with E-state index >= 15 is 0 Å². The lowest BCUT2D eigenvalue weighted by atomic mass is 10.1. The summed E-state index contributed by atoms with van der Waals surface area (Å²) in [5.41, 5.74) is 3.80. The SMILES string of the molecule is Cc1nn(-c2ccc(F)cc2)c(Cl)c1/C=C/C(=O)N1CCCN(Cc2ccc(C#N)cc2)CC1. The van der Waals surface area contributed by atoms with Gasteiger partial charge in [-0.15, -0.1) is 0 Å². The molecule has 1 aromatic heterocycles. The molecule has 34 heavy (non-hydrogen) atoms. The highest BCUT2D eigenvalue weighted by Crippen LogP contribution is 2.25. The first-order chi connectivity index (χ1) is 16.4. The highest BCUT2D eigenvalue weighted by Gasteiger charge is 2.19. The Morgan fingerprint density at radius 3 is 2.56 bits per heavy atom. The van der Waals surface area contributed by atoms with Crippen LogP contribution >= 0.6 is 11.6 Å². The second-order valence-corrected chi connectivity index (χ2v) is 8.63. The second-order valence-electron chi connectivity index (χ2n) is 8.28. The van der Waals surface area contributed by atoms with E-state index in [0.717, 1.165) is 31.6 Å². The number of hydrogen-bond acceptors (Lipinski definition) is 4. The lowest BCUT2D eigenvalue weighted by molar-refractivity contribution is -0.125. The number of benzene rings is 2. The lowest BCUT2D eigenvalue weighted by Crippen LogP contribution is -2.34. The predicted molar refractivity (Wildman–Crippen MR) is 130 cm³/mol. The van der Waals surface area contributed by atoms with E-state index < -0.39 is 0 Å². The van der Waals surface area contributed by atoms with E-state index in [0.29, 0.717) is 40.8 Å². The molecule has 1 saturated heterocycles. The van der Waals surface area contributed by atoms with Gasteiger partial charge in [0.05, 0.1) is 23.0 Å². The highest BCUT2D eigenvalue weighted by atomic mass is 35.5. The van der Waals surface area contributed by atoms with Gasteiger partial charge in [-0.2, -0.15) is 10.4 Å². The molecule has 1 amide bonds. The standard InChI is InChI=1S/C26H25ClFN5O/c1-19-24(26(27)33(30-19)23-9-7-22(28)8-10-23)11-12-25(34)32-14-2-13-31(15-16-32)18-21-5-3-20(17-29)4-6-21/h3-12H,2,13-16,18H2,1H3/b12-11+. The molecule has 1 fully saturated rings. The molecule has 174 valence electrons. The third kappa shape index (κ3) is 5.53. The molecule has 2 heterocycles. The molecule has 0 aliphatic carbocycles. The summed E-state index contributed by atoms with van der Waals surface area (Å²) in [6.45, 7) is 5.63. The Morgan fingerprint density at radius 1 is 1.12 bits per heavy atom. The number of rotatable bonds is 5. The van der Waals surface area contributed by atoms with Gasteiger partial charge in [0, 0.05) is 44.4 Å². The first kappa shape index (κ1) is 23.7. The fourth-order valence-corrected chi connectivity index (χ4v) is 4.34. The van der Waals surface area contributed by atoms with Crippen LogP contribution in [0, 0.1) is 24.1 Å². The zero-order valence-corrected chi connectivity index (χ0v) is 19.7. The molecule has 6 nitrogen and oxygen atoms in total. The van der Waals surface area contributed by atoms with E-state index in [9.17, 15) is 9.18 Å². The van der Waals surface area contributed by atoms with E-state index in [1.54, 1.807) is 24.3 Å². The monoisotopic (exact) mass is 477 g/mol. The van der Waals surface area contributed by atoms with Gasteiger partial charge in [-0.25, -0.2) is 9.07 Å². The van der Waals surface area contributed by atoms with Crippen LogP contribution in [0.5, 0.6) is 0 Å². The smallest absolute Gasteiger partial charge is 0.246 e. The third-order valence-corrected chi connectivity index (χ3v) is 6.26. The minimum absolute atomic E-state index is 0.0646. The number of carbonyl (C=O) groups is 1. The van der Waals surface area contributed by atoms with Gasteiger partial charge >= 0.3 is 0 Å². The van der Waals surface area contributed by atoms with Crippen LogP contribution in [-0.2, 0) is 11.3 Å². The van der Waals surface area contributed by atoms with Gasteiger partial charge in [-0.1, -0.05) is 23.7 Å². The minimum Gasteiger partial charge on any atom is -0.338 e. The van der Waals surface area contributed by atoms with Gasteiger partial charge in [0.25, 0.3) is 0 Å². The van der Waals surface area contributed by atoms with Crippen molar-refractivity contribution in [2.24, 2.45) is 0 Å². The molecule has 3 aromatic rings. The number of nitrogens with zero attached hydrogens (tertiary/aromatic N) is 5. The maximum atomic E-state index is 13.2. The van der Waals surface area contributed by atoms with E-state index in [2.05, 4.69) is 16.1 Å². The van der Waals surface area contributed by atoms with Crippen LogP contribution in [0.4, 0.5) is 4.39 Å². The summed E-state index contributed by atoms with van der Waals surface area (Å²) in [7, 11) is 0. The van der Waals surface area contributed by atoms with Gasteiger partial charge in [0.15, 0.2) is 0 Å². The molecule has 2 aromatic carbocycles. The Kier molecular flexibility index (Phi) is 7.41. The average Bonchev–Trinajstić information content (AvgIpc) is 2.99. The van der Waals surface area contributed by atoms with Crippen molar-refractivity contribution in [1.29, 1.82) is 5.26 Å². The van der Waals surface area contributed by atoms with Gasteiger partial charge in [0.1, 0.15) is 11.0 Å². The van der Waals surface area contributed by atoms with Crippen molar-refractivity contribution in [3.8, 4) is 11.8 Å². The van der Waals surface area contributed by atoms with Gasteiger partial charge in [-0.3, -0.25) is 9.69 Å². The van der Waals surface area contributed by atoms with Crippen LogP contribution in [0.15, 0.2) is 54.6 Å². The summed E-state index contributed by atoms with van der Waals surface area (Å²) in [4.78, 5) is 17.1. The Labute approximate surface area is 203 Å². The zero-order valence-electron chi connectivity index (χ0n) is 18.9. The molecule has 0 saturated carbocycles. The molecule has 0 spiro atoms. The summed E-state index contributed by atoms with van der Waals surface area (Å²) < 4.78 is 14.8. The number of aryl methyl sites for hydroxylation is 1. The zero-order chi connectivity index (χ0) is 24.1. The van der Waals surface area contributed by atoms with Crippen LogP contribution in [-0.4, -0.2) is 51.7 Å². The molecule has 8 heteroatoms. The summed E-state index contributed by atoms with van der Waals surface area (Å²) in [6, 6.07) is 15.7. The van der Waals surface area contributed by atoms with Crippen molar-refractivity contribution in [1.82, 2.24) is 19.6 Å². The fourth-order valence-electron chi connectivity index (χ4n) is 4.01. The van der Waals surface area contributed by atoms with E-state index in [-0.39, 0.29) is 11.7 Å². The molecule has 0 radical (unpaired) electrons. The predicted octanol–water partition coefficient (Wildman–Crippen LogP) is 4.59. The number of nitriles is 1. The molecule has 1 aliphatic rings. The lowest BCUT2D eigenvalue weighted by Gasteiger charge is -2.21. The first-order valence-electron chi connectivity index (χ1n) is 11.1. The summed E-state index contributed by atoms with van der Waals surface area (Å²) in [5.74, 6) is -0.396. The number of aromatic nitrogens is 2. The van der Waals surface area contributed by atoms with E-state index in [4.69, 9.17) is 16.9 Å². The van der Waals surface area contributed by atoms with Crippen LogP contribution in [0.2, 0.25) is 5.15 Å². The maximum absolute atomic E-state index is 13.2. The van der Waals surface area contributed by atoms with Crippen molar-refractivity contribution in [3.63, 3.8) is 0 Å². The Bertz CT molecular complexity index is 1230. The van der Waals surface area contributed by atoms with Crippen molar-refractivity contribution < 1.29 is 9.18 Å². The maximum Gasteiger partial charge on any atom is 0.246 e. The Balaban J connectivity index is 1.38. The molecule has 0 N–H and O–H groups in total. The Hall–Kier alpha value is -3.47. The topological polar surface area (TPSA) is 65.2 Å². The van der Waals surface area contributed by atoms with Crippen molar-refractivity contribution in [2.45, 2.75) is 19.9 Å². The quantitative estimate of drug-likeness (QED) is 0.504. The average molecular weight is 478 g/mol. The fraction of sp³-hybridized carbons (Fsp3) is 0.269. The van der Waals surface area contributed by atoms with Crippen molar-refractivity contribution >= 4 is 23.6 Å². The van der Waals surface area contributed by atoms with Gasteiger partial charge in [0.2, 0.25) is 5.91 Å². The van der Waals surface area contributed by atoms with E-state index in [1.165, 1.54) is 16.8 Å². The summed E-state index contributed by atoms with van der Waals surface area (Å²) in [5, 5.41) is 13.8. The molecular formula is C26H25ClFN5O. The largest absolute Gasteiger partial charge is 0.338 e. The van der Waals surface area contributed by atoms with Crippen LogP contribution in [0.3, 0.4) is 0 Å². The van der Waals surface area contributed by atoms with Crippen molar-refractivity contribution in [3.05, 3.63) is 88.0 Å². The molecule has 0 atom stereocenters. The van der Waals surface area contributed by atoms with E-state index in [1.807, 2.05) is 36.1 Å². The molecular weight excluding hydrogens is 453 g/mol. The summed E-state index contributed by atoms with van der Waals surface area (Å²) in [6.07, 6.45) is 4.13. The second kappa shape index (κ2) is 10.6. The molecule has 0 bridgehead atoms.